The molecule has 4 rings (SSSR count). The highest BCUT2D eigenvalue weighted by Crippen LogP contribution is 2.43. The lowest BCUT2D eigenvalue weighted by Crippen LogP contribution is -2.58. The van der Waals surface area contributed by atoms with Crippen LogP contribution in [0.1, 0.15) is 27.9 Å². The maximum absolute atomic E-state index is 14.8. The lowest BCUT2D eigenvalue weighted by molar-refractivity contribution is -0.265. The van der Waals surface area contributed by atoms with Crippen molar-refractivity contribution in [3.8, 4) is 0 Å². The van der Waals surface area contributed by atoms with Gasteiger partial charge in [0.25, 0.3) is 11.5 Å². The topological polar surface area (TPSA) is 51.2 Å². The van der Waals surface area contributed by atoms with Gasteiger partial charge in [-0.15, -0.1) is 0 Å². The molecule has 0 aliphatic carbocycles. The van der Waals surface area contributed by atoms with Crippen LogP contribution in [0.15, 0.2) is 97.2 Å². The Labute approximate surface area is 228 Å². The molecule has 0 unspecified atom stereocenters. The largest absolute Gasteiger partial charge is 0.430 e. The Morgan fingerprint density at radius 2 is 1.50 bits per heavy atom. The third-order valence-corrected chi connectivity index (χ3v) is 6.92. The number of aromatic nitrogens is 1. The van der Waals surface area contributed by atoms with Gasteiger partial charge in [0.1, 0.15) is 11.6 Å². The van der Waals surface area contributed by atoms with E-state index in [4.69, 9.17) is 4.74 Å². The number of rotatable bonds is 9. The number of carbonyl (C=O) groups is 1. The Morgan fingerprint density at radius 3 is 2.05 bits per heavy atom. The molecule has 9 heteroatoms. The predicted molar refractivity (Wildman–Crippen MR) is 140 cm³/mol. The van der Waals surface area contributed by atoms with Gasteiger partial charge in [0.2, 0.25) is 0 Å². The zero-order chi connectivity index (χ0) is 29.0. The molecule has 1 heterocycles. The Kier molecular flexibility index (Phi) is 8.34. The average molecular weight is 555 g/mol. The Morgan fingerprint density at radius 1 is 0.850 bits per heavy atom. The lowest BCUT2D eigenvalue weighted by atomic mass is 9.72. The number of alkyl halides is 3. The number of amides is 1. The molecule has 40 heavy (non-hydrogen) atoms. The molecule has 0 saturated carbocycles. The summed E-state index contributed by atoms with van der Waals surface area (Å²) in [6.07, 6.45) is -4.05. The monoisotopic (exact) mass is 554 g/mol. The van der Waals surface area contributed by atoms with Gasteiger partial charge in [-0.2, -0.15) is 13.2 Å². The Hall–Kier alpha value is -4.11. The van der Waals surface area contributed by atoms with Crippen molar-refractivity contribution in [3.05, 3.63) is 137 Å². The van der Waals surface area contributed by atoms with Gasteiger partial charge in [-0.1, -0.05) is 66.7 Å². The van der Waals surface area contributed by atoms with Crippen LogP contribution in [0.4, 0.5) is 22.0 Å². The van der Waals surface area contributed by atoms with E-state index in [0.29, 0.717) is 11.1 Å². The van der Waals surface area contributed by atoms with Crippen LogP contribution in [-0.4, -0.2) is 30.7 Å². The molecule has 1 amide bonds. The minimum atomic E-state index is -5.13. The summed E-state index contributed by atoms with van der Waals surface area (Å²) in [5.74, 6) is -2.66. The maximum Gasteiger partial charge on any atom is 0.430 e. The van der Waals surface area contributed by atoms with Crippen LogP contribution in [-0.2, 0) is 27.0 Å². The van der Waals surface area contributed by atoms with Crippen molar-refractivity contribution in [1.29, 1.82) is 0 Å². The van der Waals surface area contributed by atoms with E-state index in [1.54, 1.807) is 43.3 Å². The number of nitrogens with zero attached hydrogens (tertiary/aromatic N) is 1. The van der Waals surface area contributed by atoms with Gasteiger partial charge in [0.15, 0.2) is 0 Å². The van der Waals surface area contributed by atoms with Crippen molar-refractivity contribution in [1.82, 2.24) is 10.3 Å². The van der Waals surface area contributed by atoms with Crippen LogP contribution in [0.3, 0.4) is 0 Å². The van der Waals surface area contributed by atoms with Crippen molar-refractivity contribution in [2.75, 3.05) is 13.7 Å². The van der Waals surface area contributed by atoms with Crippen LogP contribution < -0.4 is 5.32 Å². The number of hydrogen-bond donors (Lipinski definition) is 1. The second kappa shape index (κ2) is 11.6. The number of halogens is 5. The van der Waals surface area contributed by atoms with Crippen molar-refractivity contribution < 1.29 is 31.5 Å². The fourth-order valence-electron chi connectivity index (χ4n) is 4.99. The smallest absolute Gasteiger partial charge is 0.356 e. The first-order valence-corrected chi connectivity index (χ1v) is 12.4. The predicted octanol–water partition coefficient (Wildman–Crippen LogP) is 6.42. The van der Waals surface area contributed by atoms with E-state index >= 15 is 0 Å². The number of carbonyl (C=O) groups excluding carboxylic acids is 1. The van der Waals surface area contributed by atoms with E-state index in [9.17, 15) is 26.7 Å². The summed E-state index contributed by atoms with van der Waals surface area (Å²) in [4.78, 5) is 17.8. The summed E-state index contributed by atoms with van der Waals surface area (Å²) >= 11 is 0. The van der Waals surface area contributed by atoms with E-state index in [1.165, 1.54) is 36.4 Å². The molecule has 2 atom stereocenters. The molecule has 4 nitrogen and oxygen atoms in total. The number of hydrogen-bond acceptors (Lipinski definition) is 3. The van der Waals surface area contributed by atoms with Crippen molar-refractivity contribution in [3.63, 3.8) is 0 Å². The summed E-state index contributed by atoms with van der Waals surface area (Å²) in [5, 5.41) is 2.45. The fourth-order valence-corrected chi connectivity index (χ4v) is 4.99. The number of benzene rings is 3. The Bertz CT molecular complexity index is 1430. The average Bonchev–Trinajstić information content (AvgIpc) is 2.92. The molecule has 208 valence electrons. The van der Waals surface area contributed by atoms with E-state index < -0.39 is 46.8 Å². The molecular weight excluding hydrogens is 527 g/mol. The van der Waals surface area contributed by atoms with Gasteiger partial charge in [-0.3, -0.25) is 9.78 Å². The molecule has 0 aliphatic heterocycles. The SMILES string of the molecule is CO[C@](C(=O)NC[C@@](Cc1ccccc1)(c1cc(C)cc(F)c1)c1ccc(F)cn1)(c1ccccc1)C(F)(F)F. The molecule has 0 fully saturated rings. The summed E-state index contributed by atoms with van der Waals surface area (Å²) < 4.78 is 77.4. The van der Waals surface area contributed by atoms with Gasteiger partial charge in [0.05, 0.1) is 17.3 Å². The van der Waals surface area contributed by atoms with Gasteiger partial charge >= 0.3 is 6.18 Å². The summed E-state index contributed by atoms with van der Waals surface area (Å²) in [6.45, 7) is 1.24. The van der Waals surface area contributed by atoms with E-state index in [-0.39, 0.29) is 12.1 Å². The Balaban J connectivity index is 1.89. The minimum absolute atomic E-state index is 0.104. The first-order chi connectivity index (χ1) is 19.0. The first-order valence-electron chi connectivity index (χ1n) is 12.4. The number of aryl methyl sites for hydroxylation is 1. The molecular formula is C31H27F5N2O2. The number of methoxy groups -OCH3 is 1. The molecule has 0 radical (unpaired) electrons. The van der Waals surface area contributed by atoms with Crippen molar-refractivity contribution in [2.24, 2.45) is 0 Å². The van der Waals surface area contributed by atoms with E-state index in [2.05, 4.69) is 10.3 Å². The zero-order valence-electron chi connectivity index (χ0n) is 21.8. The third kappa shape index (κ3) is 5.60. The highest BCUT2D eigenvalue weighted by Gasteiger charge is 2.62. The lowest BCUT2D eigenvalue weighted by Gasteiger charge is -2.38. The number of ether oxygens (including phenoxy) is 1. The number of pyridine rings is 1. The van der Waals surface area contributed by atoms with Gasteiger partial charge in [-0.25, -0.2) is 8.78 Å². The molecule has 3 aromatic carbocycles. The normalized spacial score (nSPS) is 14.7. The van der Waals surface area contributed by atoms with Crippen LogP contribution in [0.2, 0.25) is 0 Å². The van der Waals surface area contributed by atoms with Gasteiger partial charge in [0, 0.05) is 19.2 Å². The second-order valence-electron chi connectivity index (χ2n) is 9.56. The molecule has 4 aromatic rings. The van der Waals surface area contributed by atoms with Crippen LogP contribution in [0, 0.1) is 18.6 Å². The number of nitrogens with one attached hydrogen (secondary N) is 1. The summed E-state index contributed by atoms with van der Waals surface area (Å²) in [6, 6.07) is 22.3. The van der Waals surface area contributed by atoms with Crippen LogP contribution in [0.5, 0.6) is 0 Å². The van der Waals surface area contributed by atoms with Gasteiger partial charge < -0.3 is 10.1 Å². The summed E-state index contributed by atoms with van der Waals surface area (Å²) in [5.41, 5.74) is -3.24. The molecule has 0 bridgehead atoms. The zero-order valence-corrected chi connectivity index (χ0v) is 21.8. The third-order valence-electron chi connectivity index (χ3n) is 6.92. The summed E-state index contributed by atoms with van der Waals surface area (Å²) in [7, 11) is 0.814. The molecule has 1 N–H and O–H groups in total. The van der Waals surface area contributed by atoms with Gasteiger partial charge in [-0.05, 0) is 54.3 Å². The minimum Gasteiger partial charge on any atom is -0.356 e. The highest BCUT2D eigenvalue weighted by molar-refractivity contribution is 5.88. The van der Waals surface area contributed by atoms with Crippen LogP contribution >= 0.6 is 0 Å². The standard InChI is InChI=1S/C31H27F5N2O2/c1-21-15-24(17-26(33)16-21)29(18-22-9-5-3-6-10-22,27-14-13-25(32)19-37-27)20-38-28(39)30(40-2,31(34,35)36)23-11-7-4-8-12-23/h3-17,19H,18,20H2,1-2H3,(H,38,39)/t29-,30-/m0/s1. The first kappa shape index (κ1) is 28.9. The quantitative estimate of drug-likeness (QED) is 0.243. The maximum atomic E-state index is 14.8. The van der Waals surface area contributed by atoms with E-state index in [1.807, 2.05) is 0 Å². The molecule has 0 aliphatic rings. The van der Waals surface area contributed by atoms with Crippen molar-refractivity contribution >= 4 is 5.91 Å². The molecule has 0 spiro atoms. The van der Waals surface area contributed by atoms with Crippen LogP contribution in [0.25, 0.3) is 0 Å². The molecule has 1 aromatic heterocycles. The molecule has 0 saturated heterocycles. The second-order valence-corrected chi connectivity index (χ2v) is 9.56. The highest BCUT2D eigenvalue weighted by atomic mass is 19.4. The van der Waals surface area contributed by atoms with Crippen molar-refractivity contribution in [2.45, 2.75) is 30.5 Å². The van der Waals surface area contributed by atoms with E-state index in [0.717, 1.165) is 37.1 Å². The fraction of sp³-hybridized carbons (Fsp3) is 0.226.